The number of nitrogens with one attached hydrogen (secondary N) is 1. The Labute approximate surface area is 134 Å². The van der Waals surface area contributed by atoms with Gasteiger partial charge in [-0.2, -0.15) is 0 Å². The molecule has 0 aromatic heterocycles. The zero-order valence-electron chi connectivity index (χ0n) is 10.7. The number of carbonyl (C=O) groups is 1. The van der Waals surface area contributed by atoms with Crippen molar-refractivity contribution in [3.05, 3.63) is 62.8 Å². The molecule has 0 aliphatic rings. The minimum Gasteiger partial charge on any atom is -0.488 e. The molecule has 0 unspecified atom stereocenters. The van der Waals surface area contributed by atoms with Gasteiger partial charge in [0.25, 0.3) is 5.91 Å². The van der Waals surface area contributed by atoms with Crippen LogP contribution in [0.15, 0.2) is 40.9 Å². The highest BCUT2D eigenvalue weighted by atomic mass is 79.9. The number of nitrogens with two attached hydrogens (primary N) is 1. The van der Waals surface area contributed by atoms with Crippen LogP contribution < -0.4 is 16.0 Å². The number of rotatable bonds is 4. The maximum Gasteiger partial charge on any atom is 0.265 e. The third-order valence-corrected chi connectivity index (χ3v) is 3.60. The molecule has 0 radical (unpaired) electrons. The second-order valence-electron chi connectivity index (χ2n) is 4.16. The van der Waals surface area contributed by atoms with Crippen molar-refractivity contribution >= 4 is 33.4 Å². The maximum absolute atomic E-state index is 13.4. The Balaban J connectivity index is 2.13. The van der Waals surface area contributed by atoms with Crippen molar-refractivity contribution in [3.63, 3.8) is 0 Å². The quantitative estimate of drug-likeness (QED) is 0.373. The van der Waals surface area contributed by atoms with E-state index in [1.165, 1.54) is 12.1 Å². The number of amides is 1. The molecule has 0 heterocycles. The summed E-state index contributed by atoms with van der Waals surface area (Å²) in [6.45, 7) is 0.172. The van der Waals surface area contributed by atoms with Crippen LogP contribution in [0.5, 0.6) is 5.75 Å². The number of ether oxygens (including phenoxy) is 1. The summed E-state index contributed by atoms with van der Waals surface area (Å²) < 4.78 is 19.5. The number of hydrogen-bond donors (Lipinski definition) is 2. The summed E-state index contributed by atoms with van der Waals surface area (Å²) in [5.41, 5.74) is 3.22. The van der Waals surface area contributed by atoms with Crippen LogP contribution in [0.4, 0.5) is 4.39 Å². The van der Waals surface area contributed by atoms with Crippen LogP contribution >= 0.6 is 27.5 Å². The van der Waals surface area contributed by atoms with E-state index in [-0.39, 0.29) is 11.6 Å². The van der Waals surface area contributed by atoms with Gasteiger partial charge in [0, 0.05) is 11.6 Å². The van der Waals surface area contributed by atoms with Crippen molar-refractivity contribution in [2.45, 2.75) is 6.61 Å². The van der Waals surface area contributed by atoms with Crippen LogP contribution in [0, 0.1) is 5.82 Å². The number of hydrogen-bond acceptors (Lipinski definition) is 3. The fourth-order valence-electron chi connectivity index (χ4n) is 1.66. The SMILES string of the molecule is NNC(=O)c1cccc(COc2cc(F)c(Cl)cc2Br)c1. The van der Waals surface area contributed by atoms with Crippen molar-refractivity contribution in [2.24, 2.45) is 5.84 Å². The first-order valence-corrected chi connectivity index (χ1v) is 7.05. The Morgan fingerprint density at radius 3 is 2.86 bits per heavy atom. The smallest absolute Gasteiger partial charge is 0.265 e. The van der Waals surface area contributed by atoms with E-state index >= 15 is 0 Å². The molecule has 2 rings (SSSR count). The zero-order valence-corrected chi connectivity index (χ0v) is 13.0. The van der Waals surface area contributed by atoms with E-state index in [2.05, 4.69) is 21.4 Å². The van der Waals surface area contributed by atoms with E-state index in [1.807, 2.05) is 0 Å². The van der Waals surface area contributed by atoms with Crippen LogP contribution in [0.2, 0.25) is 5.02 Å². The van der Waals surface area contributed by atoms with Gasteiger partial charge >= 0.3 is 0 Å². The lowest BCUT2D eigenvalue weighted by Gasteiger charge is -2.10. The highest BCUT2D eigenvalue weighted by molar-refractivity contribution is 9.10. The third kappa shape index (κ3) is 3.93. The second kappa shape index (κ2) is 6.89. The molecule has 0 spiro atoms. The van der Waals surface area contributed by atoms with Gasteiger partial charge in [-0.05, 0) is 39.7 Å². The molecule has 0 aliphatic heterocycles. The number of benzene rings is 2. The Morgan fingerprint density at radius 1 is 1.38 bits per heavy atom. The van der Waals surface area contributed by atoms with Gasteiger partial charge in [-0.25, -0.2) is 10.2 Å². The molecule has 1 amide bonds. The van der Waals surface area contributed by atoms with Gasteiger partial charge in [-0.15, -0.1) is 0 Å². The lowest BCUT2D eigenvalue weighted by atomic mass is 10.1. The third-order valence-electron chi connectivity index (χ3n) is 2.69. The van der Waals surface area contributed by atoms with E-state index in [1.54, 1.807) is 24.3 Å². The fourth-order valence-corrected chi connectivity index (χ4v) is 2.41. The standard InChI is InChI=1S/C14H11BrClFN2O2/c15-10-5-11(16)12(17)6-13(10)21-7-8-2-1-3-9(4-8)14(20)19-18/h1-6H,7,18H2,(H,19,20). The summed E-state index contributed by atoms with van der Waals surface area (Å²) in [5.74, 6) is 4.45. The maximum atomic E-state index is 13.4. The molecular weight excluding hydrogens is 363 g/mol. The first-order valence-electron chi connectivity index (χ1n) is 5.88. The predicted molar refractivity (Wildman–Crippen MR) is 81.5 cm³/mol. The second-order valence-corrected chi connectivity index (χ2v) is 5.42. The Bertz CT molecular complexity index is 682. The highest BCUT2D eigenvalue weighted by Gasteiger charge is 2.09. The molecule has 21 heavy (non-hydrogen) atoms. The Kier molecular flexibility index (Phi) is 5.17. The number of nitrogen functional groups attached to an aromatic ring is 1. The average Bonchev–Trinajstić information content (AvgIpc) is 2.49. The molecule has 4 nitrogen and oxygen atoms in total. The fraction of sp³-hybridized carbons (Fsp3) is 0.0714. The molecule has 2 aromatic carbocycles. The number of hydrazine groups is 1. The molecular formula is C14H11BrClFN2O2. The molecule has 3 N–H and O–H groups in total. The monoisotopic (exact) mass is 372 g/mol. The summed E-state index contributed by atoms with van der Waals surface area (Å²) in [7, 11) is 0. The highest BCUT2D eigenvalue weighted by Crippen LogP contribution is 2.31. The molecule has 7 heteroatoms. The van der Waals surface area contributed by atoms with Crippen LogP contribution in [0.25, 0.3) is 0 Å². The van der Waals surface area contributed by atoms with Crippen molar-refractivity contribution in [1.29, 1.82) is 0 Å². The normalized spacial score (nSPS) is 10.3. The van der Waals surface area contributed by atoms with Crippen molar-refractivity contribution in [3.8, 4) is 5.75 Å². The Morgan fingerprint density at radius 2 is 2.14 bits per heavy atom. The molecule has 0 bridgehead atoms. The molecule has 2 aromatic rings. The summed E-state index contributed by atoms with van der Waals surface area (Å²) in [6.07, 6.45) is 0. The first kappa shape index (κ1) is 15.8. The van der Waals surface area contributed by atoms with Gasteiger partial charge in [0.15, 0.2) is 0 Å². The van der Waals surface area contributed by atoms with Gasteiger partial charge in [0.05, 0.1) is 9.50 Å². The van der Waals surface area contributed by atoms with Crippen LogP contribution in [-0.4, -0.2) is 5.91 Å². The van der Waals surface area contributed by atoms with Gasteiger partial charge in [-0.3, -0.25) is 10.2 Å². The van der Waals surface area contributed by atoms with E-state index in [0.717, 1.165) is 5.56 Å². The average molecular weight is 374 g/mol. The minimum absolute atomic E-state index is 0.0100. The summed E-state index contributed by atoms with van der Waals surface area (Å²) in [5, 5.41) is 0.0100. The largest absolute Gasteiger partial charge is 0.488 e. The molecule has 0 aliphatic carbocycles. The minimum atomic E-state index is -0.564. The molecule has 110 valence electrons. The van der Waals surface area contributed by atoms with E-state index in [9.17, 15) is 9.18 Å². The number of halogens is 3. The predicted octanol–water partition coefficient (Wildman–Crippen LogP) is 3.42. The summed E-state index contributed by atoms with van der Waals surface area (Å²) in [6, 6.07) is 9.38. The van der Waals surface area contributed by atoms with Crippen molar-refractivity contribution in [1.82, 2.24) is 5.43 Å². The van der Waals surface area contributed by atoms with Gasteiger partial charge < -0.3 is 4.74 Å². The molecule has 0 saturated carbocycles. The van der Waals surface area contributed by atoms with Crippen LogP contribution in [0.1, 0.15) is 15.9 Å². The topological polar surface area (TPSA) is 64.3 Å². The number of carbonyl (C=O) groups excluding carboxylic acids is 1. The lowest BCUT2D eigenvalue weighted by Crippen LogP contribution is -2.30. The van der Waals surface area contributed by atoms with E-state index in [0.29, 0.717) is 15.8 Å². The van der Waals surface area contributed by atoms with Crippen molar-refractivity contribution in [2.75, 3.05) is 0 Å². The van der Waals surface area contributed by atoms with Gasteiger partial charge in [0.2, 0.25) is 0 Å². The van der Waals surface area contributed by atoms with Crippen molar-refractivity contribution < 1.29 is 13.9 Å². The molecule has 0 atom stereocenters. The summed E-state index contributed by atoms with van der Waals surface area (Å²) in [4.78, 5) is 11.4. The molecule has 0 saturated heterocycles. The van der Waals surface area contributed by atoms with Gasteiger partial charge in [0.1, 0.15) is 18.2 Å². The summed E-state index contributed by atoms with van der Waals surface area (Å²) >= 11 is 8.90. The Hall–Kier alpha value is -1.63. The zero-order chi connectivity index (χ0) is 15.4. The first-order chi connectivity index (χ1) is 10.0. The van der Waals surface area contributed by atoms with E-state index < -0.39 is 11.7 Å². The van der Waals surface area contributed by atoms with Crippen LogP contribution in [-0.2, 0) is 6.61 Å². The van der Waals surface area contributed by atoms with Gasteiger partial charge in [-0.1, -0.05) is 23.7 Å². The molecule has 0 fully saturated rings. The lowest BCUT2D eigenvalue weighted by molar-refractivity contribution is 0.0953. The van der Waals surface area contributed by atoms with E-state index in [4.69, 9.17) is 22.2 Å². The van der Waals surface area contributed by atoms with Crippen LogP contribution in [0.3, 0.4) is 0 Å².